The van der Waals surface area contributed by atoms with E-state index < -0.39 is 5.63 Å². The number of fused-ring (bicyclic) bond motifs is 1. The van der Waals surface area contributed by atoms with Gasteiger partial charge in [0.05, 0.1) is 24.7 Å². The van der Waals surface area contributed by atoms with Crippen LogP contribution in [0.4, 0.5) is 5.69 Å². The van der Waals surface area contributed by atoms with Gasteiger partial charge in [-0.15, -0.1) is 0 Å². The third-order valence-electron chi connectivity index (χ3n) is 4.54. The van der Waals surface area contributed by atoms with E-state index in [9.17, 15) is 9.59 Å². The van der Waals surface area contributed by atoms with Gasteiger partial charge in [0.15, 0.2) is 11.0 Å². The maximum atomic E-state index is 12.8. The molecule has 29 heavy (non-hydrogen) atoms. The molecule has 0 atom stereocenters. The number of ketones is 1. The molecule has 6 nitrogen and oxygen atoms in total. The second kappa shape index (κ2) is 9.07. The number of para-hydroxylation sites is 2. The van der Waals surface area contributed by atoms with Gasteiger partial charge in [-0.05, 0) is 24.3 Å². The van der Waals surface area contributed by atoms with Crippen molar-refractivity contribution in [1.82, 2.24) is 4.90 Å². The number of amidine groups is 1. The average Bonchev–Trinajstić information content (AvgIpc) is 2.77. The number of benzene rings is 2. The van der Waals surface area contributed by atoms with Crippen molar-refractivity contribution in [2.75, 3.05) is 32.1 Å². The second-order valence-corrected chi connectivity index (χ2v) is 7.47. The van der Waals surface area contributed by atoms with E-state index in [4.69, 9.17) is 14.1 Å². The number of hydrogen-bond donors (Lipinski definition) is 0. The molecule has 0 spiro atoms. The van der Waals surface area contributed by atoms with Crippen molar-refractivity contribution in [2.24, 2.45) is 4.99 Å². The smallest absolute Gasteiger partial charge is 0.347 e. The predicted molar refractivity (Wildman–Crippen MR) is 115 cm³/mol. The number of thioether (sulfide) groups is 1. The maximum absolute atomic E-state index is 12.8. The SMILES string of the molecule is O=C(CSC(=Nc1ccccc1)N1CCOCC1)c1cc2ccccc2oc1=O. The van der Waals surface area contributed by atoms with E-state index in [-0.39, 0.29) is 17.1 Å². The lowest BCUT2D eigenvalue weighted by Gasteiger charge is -2.29. The Labute approximate surface area is 172 Å². The fourth-order valence-electron chi connectivity index (χ4n) is 3.03. The van der Waals surface area contributed by atoms with Gasteiger partial charge in [-0.3, -0.25) is 4.79 Å². The number of hydrogen-bond acceptors (Lipinski definition) is 6. The van der Waals surface area contributed by atoms with Gasteiger partial charge >= 0.3 is 5.63 Å². The summed E-state index contributed by atoms with van der Waals surface area (Å²) in [6, 6.07) is 18.4. The largest absolute Gasteiger partial charge is 0.422 e. The lowest BCUT2D eigenvalue weighted by molar-refractivity contribution is 0.0694. The van der Waals surface area contributed by atoms with Crippen LogP contribution in [0.5, 0.6) is 0 Å². The summed E-state index contributed by atoms with van der Waals surface area (Å²) in [5.41, 5.74) is 0.750. The van der Waals surface area contributed by atoms with Crippen molar-refractivity contribution in [2.45, 2.75) is 0 Å². The molecule has 1 aliphatic heterocycles. The Kier molecular flexibility index (Phi) is 6.07. The minimum atomic E-state index is -0.609. The zero-order valence-corrected chi connectivity index (χ0v) is 16.6. The quantitative estimate of drug-likeness (QED) is 0.284. The molecule has 0 N–H and O–H groups in total. The Morgan fingerprint density at radius 1 is 1.03 bits per heavy atom. The van der Waals surface area contributed by atoms with Crippen LogP contribution in [0.1, 0.15) is 10.4 Å². The molecule has 0 amide bonds. The summed E-state index contributed by atoms with van der Waals surface area (Å²) in [7, 11) is 0. The topological polar surface area (TPSA) is 72.1 Å². The van der Waals surface area contributed by atoms with E-state index >= 15 is 0 Å². The van der Waals surface area contributed by atoms with E-state index in [2.05, 4.69) is 4.90 Å². The van der Waals surface area contributed by atoms with Crippen LogP contribution < -0.4 is 5.63 Å². The zero-order chi connectivity index (χ0) is 20.1. The van der Waals surface area contributed by atoms with E-state index in [1.807, 2.05) is 42.5 Å². The molecule has 2 heterocycles. The molecular weight excluding hydrogens is 388 g/mol. The second-order valence-electron chi connectivity index (χ2n) is 6.53. The molecule has 148 valence electrons. The van der Waals surface area contributed by atoms with Crippen LogP contribution in [-0.2, 0) is 4.74 Å². The number of carbonyl (C=O) groups excluding carboxylic acids is 1. The summed E-state index contributed by atoms with van der Waals surface area (Å²) < 4.78 is 10.7. The predicted octanol–water partition coefficient (Wildman–Crippen LogP) is 3.73. The van der Waals surface area contributed by atoms with Gasteiger partial charge in [0, 0.05) is 18.5 Å². The minimum absolute atomic E-state index is 0.0669. The Hall–Kier alpha value is -2.90. The van der Waals surface area contributed by atoms with Gasteiger partial charge < -0.3 is 14.1 Å². The first kappa shape index (κ1) is 19.4. The van der Waals surface area contributed by atoms with Crippen LogP contribution in [0.15, 0.2) is 74.9 Å². The van der Waals surface area contributed by atoms with E-state index in [1.54, 1.807) is 18.2 Å². The summed E-state index contributed by atoms with van der Waals surface area (Å²) in [6.45, 7) is 2.67. The highest BCUT2D eigenvalue weighted by molar-refractivity contribution is 8.14. The fourth-order valence-corrected chi connectivity index (χ4v) is 3.98. The van der Waals surface area contributed by atoms with Crippen LogP contribution in [0.25, 0.3) is 11.0 Å². The highest BCUT2D eigenvalue weighted by atomic mass is 32.2. The van der Waals surface area contributed by atoms with E-state index in [0.717, 1.165) is 16.2 Å². The summed E-state index contributed by atoms with van der Waals surface area (Å²) in [5.74, 6) is -0.171. The van der Waals surface area contributed by atoms with Gasteiger partial charge in [0.2, 0.25) is 0 Å². The molecule has 0 saturated carbocycles. The van der Waals surface area contributed by atoms with Crippen molar-refractivity contribution in [1.29, 1.82) is 0 Å². The molecule has 2 aromatic carbocycles. The number of morpholine rings is 1. The Balaban J connectivity index is 1.55. The number of Topliss-reactive ketones (excluding diaryl/α,β-unsaturated/α-hetero) is 1. The molecule has 0 aliphatic carbocycles. The minimum Gasteiger partial charge on any atom is -0.422 e. The Morgan fingerprint density at radius 3 is 2.55 bits per heavy atom. The molecule has 0 unspecified atom stereocenters. The summed E-state index contributed by atoms with van der Waals surface area (Å²) >= 11 is 1.33. The Bertz CT molecular complexity index is 1090. The van der Waals surface area contributed by atoms with Crippen LogP contribution in [-0.4, -0.2) is 47.9 Å². The van der Waals surface area contributed by atoms with Gasteiger partial charge in [-0.1, -0.05) is 48.2 Å². The van der Waals surface area contributed by atoms with Crippen molar-refractivity contribution in [3.05, 3.63) is 76.6 Å². The van der Waals surface area contributed by atoms with E-state index in [1.165, 1.54) is 11.8 Å². The number of rotatable bonds is 4. The highest BCUT2D eigenvalue weighted by Gasteiger charge is 2.20. The molecule has 3 aromatic rings. The number of nitrogens with zero attached hydrogens (tertiary/aromatic N) is 2. The summed E-state index contributed by atoms with van der Waals surface area (Å²) in [4.78, 5) is 31.9. The lowest BCUT2D eigenvalue weighted by atomic mass is 10.1. The Morgan fingerprint density at radius 2 is 1.76 bits per heavy atom. The molecule has 4 rings (SSSR count). The molecule has 1 aliphatic rings. The first-order valence-electron chi connectivity index (χ1n) is 9.36. The third-order valence-corrected chi connectivity index (χ3v) is 5.55. The normalized spacial score (nSPS) is 14.9. The first-order valence-corrected chi connectivity index (χ1v) is 10.3. The zero-order valence-electron chi connectivity index (χ0n) is 15.7. The third kappa shape index (κ3) is 4.75. The maximum Gasteiger partial charge on any atom is 0.347 e. The monoisotopic (exact) mass is 408 g/mol. The molecule has 7 heteroatoms. The van der Waals surface area contributed by atoms with Gasteiger partial charge in [0.25, 0.3) is 0 Å². The number of aliphatic imine (C=N–C) groups is 1. The van der Waals surface area contributed by atoms with Crippen LogP contribution in [0, 0.1) is 0 Å². The average molecular weight is 408 g/mol. The lowest BCUT2D eigenvalue weighted by Crippen LogP contribution is -2.39. The first-order chi connectivity index (χ1) is 14.2. The van der Waals surface area contributed by atoms with Crippen molar-refractivity contribution in [3.63, 3.8) is 0 Å². The molecular formula is C22H20N2O4S. The summed E-state index contributed by atoms with van der Waals surface area (Å²) in [5, 5.41) is 1.48. The molecule has 1 saturated heterocycles. The number of carbonyl (C=O) groups is 1. The molecule has 0 radical (unpaired) electrons. The van der Waals surface area contributed by atoms with Crippen LogP contribution in [0.2, 0.25) is 0 Å². The van der Waals surface area contributed by atoms with Crippen molar-refractivity contribution >= 4 is 39.4 Å². The van der Waals surface area contributed by atoms with Crippen molar-refractivity contribution in [3.8, 4) is 0 Å². The van der Waals surface area contributed by atoms with Gasteiger partial charge in [0.1, 0.15) is 11.1 Å². The molecule has 0 bridgehead atoms. The standard InChI is InChI=1S/C22H20N2O4S/c25-19(18-14-16-6-4-5-9-20(16)28-21(18)26)15-29-22(24-10-12-27-13-11-24)23-17-7-2-1-3-8-17/h1-9,14H,10-13,15H2. The van der Waals surface area contributed by atoms with Crippen LogP contribution in [0.3, 0.4) is 0 Å². The molecule has 1 aromatic heterocycles. The molecule has 1 fully saturated rings. The van der Waals surface area contributed by atoms with Gasteiger partial charge in [-0.25, -0.2) is 9.79 Å². The fraction of sp³-hybridized carbons (Fsp3) is 0.227. The van der Waals surface area contributed by atoms with E-state index in [0.29, 0.717) is 31.9 Å². The van der Waals surface area contributed by atoms with Crippen molar-refractivity contribution < 1.29 is 13.9 Å². The number of ether oxygens (including phenoxy) is 1. The van der Waals surface area contributed by atoms with Crippen LogP contribution >= 0.6 is 11.8 Å². The summed E-state index contributed by atoms with van der Waals surface area (Å²) in [6.07, 6.45) is 0. The van der Waals surface area contributed by atoms with Gasteiger partial charge in [-0.2, -0.15) is 0 Å². The highest BCUT2D eigenvalue weighted by Crippen LogP contribution is 2.20.